The van der Waals surface area contributed by atoms with E-state index in [-0.39, 0.29) is 6.10 Å². The van der Waals surface area contributed by atoms with Gasteiger partial charge in [0.2, 0.25) is 0 Å². The molecule has 1 saturated heterocycles. The van der Waals surface area contributed by atoms with Crippen LogP contribution in [0.15, 0.2) is 54.9 Å². The van der Waals surface area contributed by atoms with Gasteiger partial charge in [-0.05, 0) is 38.1 Å². The third-order valence-electron chi connectivity index (χ3n) is 4.90. The summed E-state index contributed by atoms with van der Waals surface area (Å²) in [7, 11) is 0. The molecule has 1 aliphatic heterocycles. The molecule has 0 bridgehead atoms. The summed E-state index contributed by atoms with van der Waals surface area (Å²) in [6.07, 6.45) is 3.54. The van der Waals surface area contributed by atoms with Gasteiger partial charge in [-0.25, -0.2) is 9.97 Å². The van der Waals surface area contributed by atoms with E-state index in [4.69, 9.17) is 14.5 Å². The second-order valence-corrected chi connectivity index (χ2v) is 6.89. The minimum atomic E-state index is -0.00882. The van der Waals surface area contributed by atoms with Crippen molar-refractivity contribution in [1.82, 2.24) is 15.0 Å². The Balaban J connectivity index is 1.52. The van der Waals surface area contributed by atoms with Crippen LogP contribution in [-0.2, 0) is 4.74 Å². The lowest BCUT2D eigenvalue weighted by Gasteiger charge is -2.34. The van der Waals surface area contributed by atoms with Crippen LogP contribution in [0.5, 0.6) is 5.75 Å². The molecule has 1 aromatic carbocycles. The van der Waals surface area contributed by atoms with Gasteiger partial charge in [0.15, 0.2) is 5.82 Å². The average molecular weight is 376 g/mol. The molecule has 3 aromatic rings. The monoisotopic (exact) mass is 376 g/mol. The molecule has 0 saturated carbocycles. The highest BCUT2D eigenvalue weighted by molar-refractivity contribution is 5.59. The molecule has 1 aliphatic rings. The smallest absolute Gasteiger partial charge is 0.163 e. The van der Waals surface area contributed by atoms with E-state index in [2.05, 4.69) is 21.8 Å². The topological polar surface area (TPSA) is 60.4 Å². The van der Waals surface area contributed by atoms with Gasteiger partial charge in [-0.2, -0.15) is 0 Å². The maximum Gasteiger partial charge on any atom is 0.163 e. The summed E-state index contributed by atoms with van der Waals surface area (Å²) >= 11 is 0. The molecule has 0 radical (unpaired) electrons. The van der Waals surface area contributed by atoms with Crippen LogP contribution in [0.1, 0.15) is 11.3 Å². The van der Waals surface area contributed by atoms with Crippen molar-refractivity contribution in [3.8, 4) is 17.1 Å². The van der Waals surface area contributed by atoms with E-state index in [9.17, 15) is 0 Å². The fourth-order valence-electron chi connectivity index (χ4n) is 3.26. The Morgan fingerprint density at radius 3 is 2.75 bits per heavy atom. The standard InChI is InChI=1S/C22H24N4O2/c1-16-17(2)24-21(18-7-6-10-23-13-18)25-22(16)26-11-12-27-20(14-26)15-28-19-8-4-3-5-9-19/h3-10,13,20H,11-12,14-15H2,1-2H3. The number of hydrogen-bond donors (Lipinski definition) is 0. The highest BCUT2D eigenvalue weighted by atomic mass is 16.5. The molecule has 4 rings (SSSR count). The Kier molecular flexibility index (Phi) is 5.48. The number of pyridine rings is 1. The average Bonchev–Trinajstić information content (AvgIpc) is 2.75. The first-order chi connectivity index (χ1) is 13.7. The number of hydrogen-bond acceptors (Lipinski definition) is 6. The Bertz CT molecular complexity index is 919. The second-order valence-electron chi connectivity index (χ2n) is 6.89. The molecule has 28 heavy (non-hydrogen) atoms. The number of ether oxygens (including phenoxy) is 2. The zero-order chi connectivity index (χ0) is 19.3. The molecular formula is C22H24N4O2. The highest BCUT2D eigenvalue weighted by Gasteiger charge is 2.24. The van der Waals surface area contributed by atoms with Crippen LogP contribution < -0.4 is 9.64 Å². The van der Waals surface area contributed by atoms with Gasteiger partial charge in [0.05, 0.1) is 6.61 Å². The van der Waals surface area contributed by atoms with Crippen LogP contribution >= 0.6 is 0 Å². The molecule has 6 heteroatoms. The number of aryl methyl sites for hydroxylation is 1. The predicted octanol–water partition coefficient (Wildman–Crippen LogP) is 3.44. The molecular weight excluding hydrogens is 352 g/mol. The molecule has 6 nitrogen and oxygen atoms in total. The number of aromatic nitrogens is 3. The maximum atomic E-state index is 5.92. The van der Waals surface area contributed by atoms with Crippen molar-refractivity contribution in [3.05, 3.63) is 66.1 Å². The van der Waals surface area contributed by atoms with Crippen molar-refractivity contribution in [1.29, 1.82) is 0 Å². The van der Waals surface area contributed by atoms with E-state index >= 15 is 0 Å². The Morgan fingerprint density at radius 2 is 1.96 bits per heavy atom. The van der Waals surface area contributed by atoms with E-state index in [1.165, 1.54) is 0 Å². The minimum Gasteiger partial charge on any atom is -0.491 e. The summed E-state index contributed by atoms with van der Waals surface area (Å²) in [5.41, 5.74) is 2.99. The first-order valence-electron chi connectivity index (χ1n) is 9.51. The Hall–Kier alpha value is -2.99. The third kappa shape index (κ3) is 4.12. The van der Waals surface area contributed by atoms with E-state index < -0.39 is 0 Å². The van der Waals surface area contributed by atoms with Crippen LogP contribution in [0, 0.1) is 13.8 Å². The summed E-state index contributed by atoms with van der Waals surface area (Å²) in [5.74, 6) is 2.52. The fraction of sp³-hybridized carbons (Fsp3) is 0.318. The van der Waals surface area contributed by atoms with Gasteiger partial charge in [-0.1, -0.05) is 18.2 Å². The van der Waals surface area contributed by atoms with Crippen molar-refractivity contribution >= 4 is 5.82 Å². The van der Waals surface area contributed by atoms with Crippen LogP contribution in [-0.4, -0.2) is 47.4 Å². The first-order valence-corrected chi connectivity index (χ1v) is 9.51. The zero-order valence-electron chi connectivity index (χ0n) is 16.2. The minimum absolute atomic E-state index is 0.00882. The normalized spacial score (nSPS) is 16.8. The molecule has 0 aliphatic carbocycles. The third-order valence-corrected chi connectivity index (χ3v) is 4.90. The summed E-state index contributed by atoms with van der Waals surface area (Å²) in [6, 6.07) is 13.7. The second kappa shape index (κ2) is 8.35. The largest absolute Gasteiger partial charge is 0.491 e. The van der Waals surface area contributed by atoms with Gasteiger partial charge in [0.1, 0.15) is 24.3 Å². The summed E-state index contributed by atoms with van der Waals surface area (Å²) in [5, 5.41) is 0. The van der Waals surface area contributed by atoms with Gasteiger partial charge in [0.25, 0.3) is 0 Å². The number of anilines is 1. The summed E-state index contributed by atoms with van der Waals surface area (Å²) in [4.78, 5) is 16.0. The van der Waals surface area contributed by atoms with Crippen LogP contribution in [0.3, 0.4) is 0 Å². The lowest BCUT2D eigenvalue weighted by molar-refractivity contribution is 0.0100. The first kappa shape index (κ1) is 18.4. The number of benzene rings is 1. The van der Waals surface area contributed by atoms with Crippen LogP contribution in [0.4, 0.5) is 5.82 Å². The lowest BCUT2D eigenvalue weighted by atomic mass is 10.2. The van der Waals surface area contributed by atoms with Gasteiger partial charge in [0, 0.05) is 42.3 Å². The lowest BCUT2D eigenvalue weighted by Crippen LogP contribution is -2.45. The quantitative estimate of drug-likeness (QED) is 0.680. The number of rotatable bonds is 5. The maximum absolute atomic E-state index is 5.92. The van der Waals surface area contributed by atoms with Crippen molar-refractivity contribution in [2.45, 2.75) is 20.0 Å². The molecule has 0 N–H and O–H groups in total. The van der Waals surface area contributed by atoms with Gasteiger partial charge < -0.3 is 14.4 Å². The number of morpholine rings is 1. The van der Waals surface area contributed by atoms with E-state index in [1.54, 1.807) is 12.4 Å². The van der Waals surface area contributed by atoms with Crippen molar-refractivity contribution in [2.24, 2.45) is 0 Å². The Labute approximate surface area is 165 Å². The van der Waals surface area contributed by atoms with E-state index in [1.807, 2.05) is 49.4 Å². The summed E-state index contributed by atoms with van der Waals surface area (Å²) < 4.78 is 11.8. The highest BCUT2D eigenvalue weighted by Crippen LogP contribution is 2.25. The van der Waals surface area contributed by atoms with E-state index in [0.717, 1.165) is 41.5 Å². The van der Waals surface area contributed by atoms with Gasteiger partial charge in [-0.15, -0.1) is 0 Å². The van der Waals surface area contributed by atoms with Crippen molar-refractivity contribution in [3.63, 3.8) is 0 Å². The molecule has 1 atom stereocenters. The number of nitrogens with zero attached hydrogens (tertiary/aromatic N) is 4. The molecule has 1 unspecified atom stereocenters. The molecule has 3 heterocycles. The van der Waals surface area contributed by atoms with Gasteiger partial charge >= 0.3 is 0 Å². The SMILES string of the molecule is Cc1nc(-c2cccnc2)nc(N2CCOC(COc3ccccc3)C2)c1C. The van der Waals surface area contributed by atoms with Crippen molar-refractivity contribution < 1.29 is 9.47 Å². The molecule has 144 valence electrons. The predicted molar refractivity (Wildman–Crippen MR) is 109 cm³/mol. The molecule has 2 aromatic heterocycles. The van der Waals surface area contributed by atoms with Crippen molar-refractivity contribution in [2.75, 3.05) is 31.2 Å². The molecule has 0 amide bonds. The molecule has 0 spiro atoms. The fourth-order valence-corrected chi connectivity index (χ4v) is 3.26. The van der Waals surface area contributed by atoms with E-state index in [0.29, 0.717) is 19.0 Å². The summed E-state index contributed by atoms with van der Waals surface area (Å²) in [6.45, 7) is 6.79. The van der Waals surface area contributed by atoms with Crippen LogP contribution in [0.2, 0.25) is 0 Å². The van der Waals surface area contributed by atoms with Gasteiger partial charge in [-0.3, -0.25) is 4.98 Å². The number of para-hydroxylation sites is 1. The zero-order valence-corrected chi connectivity index (χ0v) is 16.2. The molecule has 1 fully saturated rings. The van der Waals surface area contributed by atoms with Crippen LogP contribution in [0.25, 0.3) is 11.4 Å². The Morgan fingerprint density at radius 1 is 1.11 bits per heavy atom.